The lowest BCUT2D eigenvalue weighted by molar-refractivity contribution is -0.269. The maximum atomic E-state index is 6.31. The van der Waals surface area contributed by atoms with Crippen molar-refractivity contribution in [3.05, 3.63) is 29.8 Å². The highest BCUT2D eigenvalue weighted by Crippen LogP contribution is 2.42. The van der Waals surface area contributed by atoms with E-state index >= 15 is 0 Å². The fourth-order valence-electron chi connectivity index (χ4n) is 3.16. The van der Waals surface area contributed by atoms with Gasteiger partial charge in [0.2, 0.25) is 0 Å². The number of hydrogen-bond donors (Lipinski definition) is 0. The van der Waals surface area contributed by atoms with Crippen molar-refractivity contribution >= 4 is 0 Å². The summed E-state index contributed by atoms with van der Waals surface area (Å²) in [5.41, 5.74) is 1.16. The molecule has 0 bridgehead atoms. The molecule has 1 saturated heterocycles. The van der Waals surface area contributed by atoms with E-state index in [4.69, 9.17) is 14.2 Å². The van der Waals surface area contributed by atoms with Gasteiger partial charge in [0.15, 0.2) is 6.29 Å². The van der Waals surface area contributed by atoms with Crippen molar-refractivity contribution in [1.82, 2.24) is 0 Å². The van der Waals surface area contributed by atoms with Gasteiger partial charge in [0.25, 0.3) is 0 Å². The van der Waals surface area contributed by atoms with Crippen molar-refractivity contribution in [2.24, 2.45) is 0 Å². The van der Waals surface area contributed by atoms with Crippen LogP contribution in [0.5, 0.6) is 5.75 Å². The molecule has 0 N–H and O–H groups in total. The zero-order chi connectivity index (χ0) is 13.1. The monoisotopic (exact) mass is 262 g/mol. The van der Waals surface area contributed by atoms with E-state index in [9.17, 15) is 0 Å². The first kappa shape index (κ1) is 12.9. The van der Waals surface area contributed by atoms with E-state index in [2.05, 4.69) is 0 Å². The van der Waals surface area contributed by atoms with Crippen LogP contribution < -0.4 is 4.74 Å². The highest BCUT2D eigenvalue weighted by Gasteiger charge is 2.39. The van der Waals surface area contributed by atoms with Crippen LogP contribution in [0.15, 0.2) is 24.3 Å². The number of methoxy groups -OCH3 is 1. The van der Waals surface area contributed by atoms with Gasteiger partial charge in [-0.3, -0.25) is 0 Å². The topological polar surface area (TPSA) is 27.7 Å². The Balaban J connectivity index is 1.73. The zero-order valence-corrected chi connectivity index (χ0v) is 11.6. The van der Waals surface area contributed by atoms with Crippen LogP contribution in [-0.4, -0.2) is 19.3 Å². The molecule has 1 aliphatic carbocycles. The molecule has 2 aliphatic rings. The predicted molar refractivity (Wildman–Crippen MR) is 73.2 cm³/mol. The molecule has 1 aromatic rings. The Hall–Kier alpha value is -1.06. The van der Waals surface area contributed by atoms with Gasteiger partial charge in [-0.25, -0.2) is 0 Å². The molecule has 1 heterocycles. The Morgan fingerprint density at radius 3 is 2.47 bits per heavy atom. The van der Waals surface area contributed by atoms with Crippen LogP contribution in [0.25, 0.3) is 0 Å². The molecule has 3 heteroatoms. The lowest BCUT2D eigenvalue weighted by Gasteiger charge is -2.43. The van der Waals surface area contributed by atoms with Crippen molar-refractivity contribution in [1.29, 1.82) is 0 Å². The summed E-state index contributed by atoms with van der Waals surface area (Å²) in [4.78, 5) is 0. The summed E-state index contributed by atoms with van der Waals surface area (Å²) in [5.74, 6) is 0.868. The van der Waals surface area contributed by atoms with E-state index in [0.717, 1.165) is 24.3 Å². The van der Waals surface area contributed by atoms with E-state index < -0.39 is 0 Å². The molecule has 104 valence electrons. The molecule has 1 unspecified atom stereocenters. The summed E-state index contributed by atoms with van der Waals surface area (Å²) in [7, 11) is 1.68. The fraction of sp³-hybridized carbons (Fsp3) is 0.625. The zero-order valence-electron chi connectivity index (χ0n) is 11.6. The third kappa shape index (κ3) is 2.77. The molecular formula is C16H22O3. The SMILES string of the molecule is COc1ccc(C2OCCC3(CCCCC3)O2)cc1. The van der Waals surface area contributed by atoms with Gasteiger partial charge < -0.3 is 14.2 Å². The van der Waals surface area contributed by atoms with Crippen LogP contribution in [0, 0.1) is 0 Å². The summed E-state index contributed by atoms with van der Waals surface area (Å²) >= 11 is 0. The van der Waals surface area contributed by atoms with Gasteiger partial charge in [0.05, 0.1) is 19.3 Å². The largest absolute Gasteiger partial charge is 0.497 e. The van der Waals surface area contributed by atoms with Gasteiger partial charge in [-0.1, -0.05) is 31.4 Å². The third-order valence-electron chi connectivity index (χ3n) is 4.34. The van der Waals surface area contributed by atoms with Crippen LogP contribution in [0.2, 0.25) is 0 Å². The summed E-state index contributed by atoms with van der Waals surface area (Å²) in [6.45, 7) is 0.802. The lowest BCUT2D eigenvalue weighted by atomic mass is 9.82. The minimum atomic E-state index is -0.210. The smallest absolute Gasteiger partial charge is 0.184 e. The van der Waals surface area contributed by atoms with Gasteiger partial charge in [-0.2, -0.15) is 0 Å². The van der Waals surface area contributed by atoms with Crippen LogP contribution in [-0.2, 0) is 9.47 Å². The summed E-state index contributed by atoms with van der Waals surface area (Å²) < 4.78 is 17.3. The molecule has 1 aromatic carbocycles. The molecule has 1 aliphatic heterocycles. The van der Waals surface area contributed by atoms with Crippen molar-refractivity contribution in [2.45, 2.75) is 50.4 Å². The molecule has 2 fully saturated rings. The minimum Gasteiger partial charge on any atom is -0.497 e. The van der Waals surface area contributed by atoms with Gasteiger partial charge in [-0.05, 0) is 25.0 Å². The Labute approximate surface area is 114 Å². The molecule has 0 aromatic heterocycles. The van der Waals surface area contributed by atoms with Crippen LogP contribution in [0.4, 0.5) is 0 Å². The normalized spacial score (nSPS) is 26.3. The molecule has 3 nitrogen and oxygen atoms in total. The first-order valence-corrected chi connectivity index (χ1v) is 7.25. The van der Waals surface area contributed by atoms with Gasteiger partial charge in [0.1, 0.15) is 5.75 Å². The Morgan fingerprint density at radius 1 is 1.05 bits per heavy atom. The standard InChI is InChI=1S/C16H22O3/c1-17-14-7-5-13(6-8-14)15-18-12-11-16(19-15)9-3-2-4-10-16/h5-8,15H,2-4,9-12H2,1H3. The average Bonchev–Trinajstić information content (AvgIpc) is 2.48. The van der Waals surface area contributed by atoms with E-state index in [0.29, 0.717) is 0 Å². The van der Waals surface area contributed by atoms with Gasteiger partial charge >= 0.3 is 0 Å². The highest BCUT2D eigenvalue weighted by molar-refractivity contribution is 5.28. The Kier molecular flexibility index (Phi) is 3.76. The summed E-state index contributed by atoms with van der Waals surface area (Å²) in [6, 6.07) is 7.99. The molecule has 3 rings (SSSR count). The Morgan fingerprint density at radius 2 is 1.79 bits per heavy atom. The number of ether oxygens (including phenoxy) is 3. The molecular weight excluding hydrogens is 240 g/mol. The number of benzene rings is 1. The van der Waals surface area contributed by atoms with Crippen molar-refractivity contribution < 1.29 is 14.2 Å². The van der Waals surface area contributed by atoms with E-state index in [1.807, 2.05) is 24.3 Å². The average molecular weight is 262 g/mol. The summed E-state index contributed by atoms with van der Waals surface area (Å²) in [5, 5.41) is 0. The Bertz CT molecular complexity index is 401. The van der Waals surface area contributed by atoms with Crippen LogP contribution in [0.3, 0.4) is 0 Å². The minimum absolute atomic E-state index is 0.0705. The molecule has 0 radical (unpaired) electrons. The first-order valence-electron chi connectivity index (χ1n) is 7.25. The molecule has 1 spiro atoms. The van der Waals surface area contributed by atoms with E-state index in [1.165, 1.54) is 32.1 Å². The molecule has 1 atom stereocenters. The predicted octanol–water partition coefficient (Wildman–Crippen LogP) is 3.83. The van der Waals surface area contributed by atoms with E-state index in [-0.39, 0.29) is 11.9 Å². The number of hydrogen-bond acceptors (Lipinski definition) is 3. The quantitative estimate of drug-likeness (QED) is 0.810. The molecule has 1 saturated carbocycles. The first-order chi connectivity index (χ1) is 9.31. The van der Waals surface area contributed by atoms with Gasteiger partial charge in [-0.15, -0.1) is 0 Å². The summed E-state index contributed by atoms with van der Waals surface area (Å²) in [6.07, 6.45) is 7.12. The second-order valence-corrected chi connectivity index (χ2v) is 5.59. The van der Waals surface area contributed by atoms with Crippen LogP contribution >= 0.6 is 0 Å². The highest BCUT2D eigenvalue weighted by atomic mass is 16.7. The van der Waals surface area contributed by atoms with Crippen molar-refractivity contribution in [3.8, 4) is 5.75 Å². The fourth-order valence-corrected chi connectivity index (χ4v) is 3.16. The van der Waals surface area contributed by atoms with E-state index in [1.54, 1.807) is 7.11 Å². The molecule has 0 amide bonds. The third-order valence-corrected chi connectivity index (χ3v) is 4.34. The van der Waals surface area contributed by atoms with Crippen molar-refractivity contribution in [3.63, 3.8) is 0 Å². The second-order valence-electron chi connectivity index (χ2n) is 5.59. The number of rotatable bonds is 2. The van der Waals surface area contributed by atoms with Gasteiger partial charge in [0, 0.05) is 12.0 Å². The van der Waals surface area contributed by atoms with Crippen LogP contribution in [0.1, 0.15) is 50.4 Å². The second kappa shape index (κ2) is 5.51. The maximum absolute atomic E-state index is 6.31. The van der Waals surface area contributed by atoms with Crippen molar-refractivity contribution in [2.75, 3.05) is 13.7 Å². The lowest BCUT2D eigenvalue weighted by Crippen LogP contribution is -2.41. The maximum Gasteiger partial charge on any atom is 0.184 e. The molecule has 19 heavy (non-hydrogen) atoms.